The van der Waals surface area contributed by atoms with Gasteiger partial charge in [-0.15, -0.1) is 0 Å². The molecule has 5 nitrogen and oxygen atoms in total. The van der Waals surface area contributed by atoms with Gasteiger partial charge in [0.25, 0.3) is 5.91 Å². The van der Waals surface area contributed by atoms with Crippen molar-refractivity contribution < 1.29 is 14.3 Å². The molecule has 0 radical (unpaired) electrons. The van der Waals surface area contributed by atoms with Crippen molar-refractivity contribution in [3.8, 4) is 6.07 Å². The highest BCUT2D eigenvalue weighted by Crippen LogP contribution is 2.17. The minimum Gasteiger partial charge on any atom is -0.448 e. The topological polar surface area (TPSA) is 70.4 Å². The van der Waals surface area contributed by atoms with Crippen LogP contribution in [0.1, 0.15) is 50.7 Å². The van der Waals surface area contributed by atoms with Crippen molar-refractivity contribution in [2.75, 3.05) is 13.1 Å². The van der Waals surface area contributed by atoms with E-state index in [1.54, 1.807) is 11.8 Å². The number of hydrogen-bond donors (Lipinski definition) is 0. The molecular weight excluding hydrogens is 316 g/mol. The molecular formula is C20H24N2O3. The summed E-state index contributed by atoms with van der Waals surface area (Å²) in [6, 6.07) is 9.52. The standard InChI is InChI=1S/C20H24N2O3/c1-14(2)17-8-6-16(7-9-17)12-18(13-21)20(24)25-15(3)19(23)22-10-4-5-11-22/h6-9,12,14-15H,4-5,10-11H2,1-3H3/b18-12+/t15-/m0/s1. The number of ether oxygens (including phenoxy) is 1. The zero-order valence-electron chi connectivity index (χ0n) is 15.0. The van der Waals surface area contributed by atoms with Crippen molar-refractivity contribution in [2.45, 2.75) is 45.6 Å². The average molecular weight is 340 g/mol. The monoisotopic (exact) mass is 340 g/mol. The Morgan fingerprint density at radius 2 is 1.76 bits per heavy atom. The summed E-state index contributed by atoms with van der Waals surface area (Å²) in [5.74, 6) is -0.559. The van der Waals surface area contributed by atoms with Crippen LogP contribution in [0.4, 0.5) is 0 Å². The molecule has 0 unspecified atom stereocenters. The molecule has 0 N–H and O–H groups in total. The molecule has 1 aromatic rings. The number of benzene rings is 1. The molecule has 1 aromatic carbocycles. The van der Waals surface area contributed by atoms with Gasteiger partial charge in [0.1, 0.15) is 11.6 Å². The van der Waals surface area contributed by atoms with Crippen LogP contribution < -0.4 is 0 Å². The molecule has 1 amide bonds. The van der Waals surface area contributed by atoms with Gasteiger partial charge in [-0.05, 0) is 42.9 Å². The van der Waals surface area contributed by atoms with E-state index in [9.17, 15) is 14.9 Å². The van der Waals surface area contributed by atoms with Crippen molar-refractivity contribution in [3.05, 3.63) is 41.0 Å². The second kappa shape index (κ2) is 8.48. The van der Waals surface area contributed by atoms with E-state index in [1.807, 2.05) is 30.3 Å². The summed E-state index contributed by atoms with van der Waals surface area (Å²) in [5.41, 5.74) is 1.82. The van der Waals surface area contributed by atoms with Crippen LogP contribution in [0.3, 0.4) is 0 Å². The van der Waals surface area contributed by atoms with E-state index >= 15 is 0 Å². The number of carbonyl (C=O) groups excluding carboxylic acids is 2. The van der Waals surface area contributed by atoms with Crippen LogP contribution in [0.2, 0.25) is 0 Å². The van der Waals surface area contributed by atoms with Crippen LogP contribution in [0.25, 0.3) is 6.08 Å². The Hall–Kier alpha value is -2.61. The molecule has 1 aliphatic heterocycles. The van der Waals surface area contributed by atoms with Crippen molar-refractivity contribution >= 4 is 18.0 Å². The molecule has 2 rings (SSSR count). The maximum atomic E-state index is 12.2. The molecule has 1 fully saturated rings. The molecule has 0 bridgehead atoms. The van der Waals surface area contributed by atoms with Gasteiger partial charge in [0.15, 0.2) is 6.10 Å². The number of nitriles is 1. The number of amides is 1. The molecule has 0 aromatic heterocycles. The quantitative estimate of drug-likeness (QED) is 0.468. The largest absolute Gasteiger partial charge is 0.448 e. The number of likely N-dealkylation sites (tertiary alicyclic amines) is 1. The van der Waals surface area contributed by atoms with Crippen molar-refractivity contribution in [3.63, 3.8) is 0 Å². The van der Waals surface area contributed by atoms with Gasteiger partial charge < -0.3 is 9.64 Å². The third-order valence-corrected chi connectivity index (χ3v) is 4.30. The molecule has 5 heteroatoms. The highest BCUT2D eigenvalue weighted by molar-refractivity contribution is 5.99. The summed E-state index contributed by atoms with van der Waals surface area (Å²) in [6.45, 7) is 7.14. The van der Waals surface area contributed by atoms with Crippen LogP contribution in [-0.2, 0) is 14.3 Å². The first-order valence-electron chi connectivity index (χ1n) is 8.64. The number of rotatable bonds is 5. The fourth-order valence-corrected chi connectivity index (χ4v) is 2.75. The van der Waals surface area contributed by atoms with Gasteiger partial charge in [0, 0.05) is 13.1 Å². The second-order valence-electron chi connectivity index (χ2n) is 6.57. The van der Waals surface area contributed by atoms with E-state index < -0.39 is 12.1 Å². The maximum absolute atomic E-state index is 12.2. The second-order valence-corrected chi connectivity index (χ2v) is 6.57. The summed E-state index contributed by atoms with van der Waals surface area (Å²) in [4.78, 5) is 26.1. The van der Waals surface area contributed by atoms with E-state index in [2.05, 4.69) is 13.8 Å². The molecule has 1 aliphatic rings. The van der Waals surface area contributed by atoms with E-state index in [-0.39, 0.29) is 11.5 Å². The van der Waals surface area contributed by atoms with E-state index in [1.165, 1.54) is 11.6 Å². The summed E-state index contributed by atoms with van der Waals surface area (Å²) in [6.07, 6.45) is 2.55. The summed E-state index contributed by atoms with van der Waals surface area (Å²) in [7, 11) is 0. The van der Waals surface area contributed by atoms with Crippen LogP contribution in [0.15, 0.2) is 29.8 Å². The Balaban J connectivity index is 2.04. The molecule has 1 heterocycles. The van der Waals surface area contributed by atoms with Gasteiger partial charge in [-0.2, -0.15) is 5.26 Å². The lowest BCUT2D eigenvalue weighted by molar-refractivity contribution is -0.155. The predicted octanol–water partition coefficient (Wildman–Crippen LogP) is 3.27. The van der Waals surface area contributed by atoms with E-state index in [4.69, 9.17) is 4.74 Å². The fraction of sp³-hybridized carbons (Fsp3) is 0.450. The summed E-state index contributed by atoms with van der Waals surface area (Å²) in [5, 5.41) is 9.25. The van der Waals surface area contributed by atoms with Crippen LogP contribution >= 0.6 is 0 Å². The molecule has 0 aliphatic carbocycles. The Labute approximate surface area is 148 Å². The SMILES string of the molecule is CC(C)c1ccc(/C=C(\C#N)C(=O)O[C@@H](C)C(=O)N2CCCC2)cc1. The molecule has 1 saturated heterocycles. The lowest BCUT2D eigenvalue weighted by atomic mass is 10.0. The third kappa shape index (κ3) is 4.93. The van der Waals surface area contributed by atoms with Crippen LogP contribution in [0, 0.1) is 11.3 Å². The zero-order valence-corrected chi connectivity index (χ0v) is 15.0. The highest BCUT2D eigenvalue weighted by Gasteiger charge is 2.26. The highest BCUT2D eigenvalue weighted by atomic mass is 16.5. The molecule has 25 heavy (non-hydrogen) atoms. The minimum absolute atomic E-state index is 0.113. The number of nitrogens with zero attached hydrogens (tertiary/aromatic N) is 2. The summed E-state index contributed by atoms with van der Waals surface area (Å²) >= 11 is 0. The van der Waals surface area contributed by atoms with Crippen molar-refractivity contribution in [1.82, 2.24) is 4.90 Å². The van der Waals surface area contributed by atoms with E-state index in [0.717, 1.165) is 18.4 Å². The van der Waals surface area contributed by atoms with Gasteiger partial charge in [-0.1, -0.05) is 38.1 Å². The lowest BCUT2D eigenvalue weighted by Gasteiger charge is -2.20. The first kappa shape index (κ1) is 18.7. The first-order valence-corrected chi connectivity index (χ1v) is 8.64. The third-order valence-electron chi connectivity index (χ3n) is 4.30. The lowest BCUT2D eigenvalue weighted by Crippen LogP contribution is -2.38. The Morgan fingerprint density at radius 1 is 1.16 bits per heavy atom. The normalized spacial score (nSPS) is 15.8. The Kier molecular flexibility index (Phi) is 6.35. The van der Waals surface area contributed by atoms with Gasteiger partial charge in [-0.3, -0.25) is 4.79 Å². The number of carbonyl (C=O) groups is 2. The van der Waals surface area contributed by atoms with Gasteiger partial charge in [0.05, 0.1) is 0 Å². The maximum Gasteiger partial charge on any atom is 0.349 e. The van der Waals surface area contributed by atoms with Crippen molar-refractivity contribution in [1.29, 1.82) is 5.26 Å². The molecule has 0 spiro atoms. The van der Waals surface area contributed by atoms with Gasteiger partial charge in [-0.25, -0.2) is 4.79 Å². The van der Waals surface area contributed by atoms with Crippen LogP contribution in [0.5, 0.6) is 0 Å². The predicted molar refractivity (Wildman–Crippen MR) is 95.5 cm³/mol. The summed E-state index contributed by atoms with van der Waals surface area (Å²) < 4.78 is 5.19. The van der Waals surface area contributed by atoms with Crippen molar-refractivity contribution in [2.24, 2.45) is 0 Å². The zero-order chi connectivity index (χ0) is 18.4. The number of hydrogen-bond acceptors (Lipinski definition) is 4. The molecule has 1 atom stereocenters. The molecule has 0 saturated carbocycles. The van der Waals surface area contributed by atoms with Gasteiger partial charge >= 0.3 is 5.97 Å². The Bertz CT molecular complexity index is 693. The van der Waals surface area contributed by atoms with Crippen LogP contribution in [-0.4, -0.2) is 36.0 Å². The van der Waals surface area contributed by atoms with E-state index in [0.29, 0.717) is 19.0 Å². The Morgan fingerprint density at radius 3 is 2.28 bits per heavy atom. The minimum atomic E-state index is -0.884. The van der Waals surface area contributed by atoms with Gasteiger partial charge in [0.2, 0.25) is 0 Å². The average Bonchev–Trinajstić information content (AvgIpc) is 3.13. The fourth-order valence-electron chi connectivity index (χ4n) is 2.75. The smallest absolute Gasteiger partial charge is 0.349 e. The molecule has 132 valence electrons. The number of esters is 1. The first-order chi connectivity index (χ1) is 11.9.